The molecule has 1 fully saturated rings. The number of nitrogens with two attached hydrogens (primary N) is 1. The monoisotopic (exact) mass is 383 g/mol. The van der Waals surface area contributed by atoms with E-state index in [9.17, 15) is 19.1 Å². The topological polar surface area (TPSA) is 97.8 Å². The average molecular weight is 384 g/mol. The van der Waals surface area contributed by atoms with Crippen LogP contribution in [0.25, 0.3) is 10.9 Å². The van der Waals surface area contributed by atoms with Crippen molar-refractivity contribution < 1.29 is 19.0 Å². The van der Waals surface area contributed by atoms with Gasteiger partial charge in [0.05, 0.1) is 16.9 Å². The molecule has 2 aliphatic rings. The van der Waals surface area contributed by atoms with Crippen molar-refractivity contribution in [2.24, 2.45) is 5.73 Å². The Morgan fingerprint density at radius 2 is 2.19 bits per heavy atom. The van der Waals surface area contributed by atoms with Crippen LogP contribution in [0, 0.1) is 5.82 Å². The molecule has 0 radical (unpaired) electrons. The molecule has 2 unspecified atom stereocenters. The quantitative estimate of drug-likeness (QED) is 0.820. The number of anilines is 1. The summed E-state index contributed by atoms with van der Waals surface area (Å²) in [5.74, 6) is -1.64. The van der Waals surface area contributed by atoms with Crippen molar-refractivity contribution in [3.63, 3.8) is 0 Å². The number of carboxylic acids is 1. The van der Waals surface area contributed by atoms with Crippen LogP contribution >= 0.6 is 12.4 Å². The summed E-state index contributed by atoms with van der Waals surface area (Å²) in [6.07, 6.45) is 2.07. The fourth-order valence-corrected chi connectivity index (χ4v) is 3.65. The zero-order chi connectivity index (χ0) is 17.9. The van der Waals surface area contributed by atoms with Crippen molar-refractivity contribution in [3.05, 3.63) is 33.9 Å². The predicted molar refractivity (Wildman–Crippen MR) is 97.4 cm³/mol. The Labute approximate surface area is 154 Å². The van der Waals surface area contributed by atoms with Gasteiger partial charge in [-0.05, 0) is 19.4 Å². The van der Waals surface area contributed by atoms with Crippen LogP contribution in [0.4, 0.5) is 10.1 Å². The van der Waals surface area contributed by atoms with E-state index >= 15 is 0 Å². The molecule has 26 heavy (non-hydrogen) atoms. The molecule has 0 bridgehead atoms. The molecule has 0 saturated carbocycles. The molecule has 140 valence electrons. The molecule has 0 spiro atoms. The Morgan fingerprint density at radius 1 is 1.46 bits per heavy atom. The van der Waals surface area contributed by atoms with Gasteiger partial charge in [-0.15, -0.1) is 12.4 Å². The minimum Gasteiger partial charge on any atom is -0.487 e. The molecule has 0 aliphatic carbocycles. The van der Waals surface area contributed by atoms with Gasteiger partial charge in [-0.3, -0.25) is 4.79 Å². The third-order valence-electron chi connectivity index (χ3n) is 4.91. The van der Waals surface area contributed by atoms with E-state index in [1.54, 1.807) is 4.57 Å². The fourth-order valence-electron chi connectivity index (χ4n) is 3.65. The maximum Gasteiger partial charge on any atom is 0.341 e. The third-order valence-corrected chi connectivity index (χ3v) is 4.91. The normalized spacial score (nSPS) is 21.4. The van der Waals surface area contributed by atoms with E-state index in [2.05, 4.69) is 0 Å². The number of rotatable bonds is 2. The molecular weight excluding hydrogens is 365 g/mol. The average Bonchev–Trinajstić information content (AvgIpc) is 2.98. The number of halogens is 2. The molecule has 0 amide bonds. The first kappa shape index (κ1) is 18.5. The molecule has 1 saturated heterocycles. The summed E-state index contributed by atoms with van der Waals surface area (Å²) in [6, 6.07) is 0.902. The van der Waals surface area contributed by atoms with Crippen LogP contribution in [0.3, 0.4) is 0 Å². The lowest BCUT2D eigenvalue weighted by atomic mass is 10.1. The van der Waals surface area contributed by atoms with Crippen LogP contribution in [0.1, 0.15) is 29.7 Å². The van der Waals surface area contributed by atoms with Crippen LogP contribution in [0.15, 0.2) is 17.1 Å². The van der Waals surface area contributed by atoms with E-state index in [1.165, 1.54) is 6.20 Å². The maximum absolute atomic E-state index is 14.9. The van der Waals surface area contributed by atoms with Crippen molar-refractivity contribution in [2.75, 3.05) is 24.6 Å². The molecule has 2 atom stereocenters. The zero-order valence-electron chi connectivity index (χ0n) is 14.1. The highest BCUT2D eigenvalue weighted by Gasteiger charge is 2.32. The summed E-state index contributed by atoms with van der Waals surface area (Å²) in [7, 11) is 0. The highest BCUT2D eigenvalue weighted by molar-refractivity contribution is 5.97. The second-order valence-corrected chi connectivity index (χ2v) is 6.67. The Bertz CT molecular complexity index is 961. The van der Waals surface area contributed by atoms with Crippen LogP contribution < -0.4 is 20.8 Å². The van der Waals surface area contributed by atoms with Gasteiger partial charge >= 0.3 is 5.97 Å². The van der Waals surface area contributed by atoms with E-state index in [1.807, 2.05) is 11.8 Å². The fraction of sp³-hybridized carbons (Fsp3) is 0.412. The molecule has 1 aromatic heterocycles. The molecule has 3 N–H and O–H groups in total. The lowest BCUT2D eigenvalue weighted by Gasteiger charge is -2.31. The van der Waals surface area contributed by atoms with Gasteiger partial charge in [0.25, 0.3) is 0 Å². The molecule has 1 aromatic carbocycles. The standard InChI is InChI=1S/C17H18FN3O4.ClH/c1-8-7-25-16-13-10(15(22)11(17(23)24)6-21(8)13)4-12(18)14(16)20-3-2-9(19)5-20;/h4,6,8-9H,2-3,5,7,19H2,1H3,(H,23,24);1H. The van der Waals surface area contributed by atoms with Gasteiger partial charge in [-0.2, -0.15) is 0 Å². The first-order chi connectivity index (χ1) is 11.9. The number of benzene rings is 1. The number of ether oxygens (including phenoxy) is 1. The first-order valence-electron chi connectivity index (χ1n) is 8.16. The molecule has 4 rings (SSSR count). The molecule has 7 nitrogen and oxygen atoms in total. The van der Waals surface area contributed by atoms with E-state index < -0.39 is 17.2 Å². The van der Waals surface area contributed by atoms with Gasteiger partial charge in [0.15, 0.2) is 11.6 Å². The van der Waals surface area contributed by atoms with Crippen LogP contribution in [-0.4, -0.2) is 41.4 Å². The van der Waals surface area contributed by atoms with Crippen molar-refractivity contribution >= 4 is 35.0 Å². The number of hydrogen-bond donors (Lipinski definition) is 2. The van der Waals surface area contributed by atoms with Crippen molar-refractivity contribution in [1.82, 2.24) is 4.57 Å². The second kappa shape index (κ2) is 6.44. The number of carboxylic acid groups (broad SMARTS) is 1. The second-order valence-electron chi connectivity index (χ2n) is 6.67. The summed E-state index contributed by atoms with van der Waals surface area (Å²) in [6.45, 7) is 3.23. The Morgan fingerprint density at radius 3 is 2.81 bits per heavy atom. The van der Waals surface area contributed by atoms with Crippen LogP contribution in [0.2, 0.25) is 0 Å². The minimum absolute atomic E-state index is 0. The lowest BCUT2D eigenvalue weighted by Crippen LogP contribution is -2.30. The summed E-state index contributed by atoms with van der Waals surface area (Å²) in [5, 5.41) is 9.30. The van der Waals surface area contributed by atoms with Gasteiger partial charge in [0.2, 0.25) is 5.43 Å². The van der Waals surface area contributed by atoms with E-state index in [0.717, 1.165) is 12.5 Å². The summed E-state index contributed by atoms with van der Waals surface area (Å²) >= 11 is 0. The van der Waals surface area contributed by atoms with E-state index in [0.29, 0.717) is 24.3 Å². The number of aromatic nitrogens is 1. The predicted octanol–water partition coefficient (Wildman–Crippen LogP) is 1.75. The lowest BCUT2D eigenvalue weighted by molar-refractivity contribution is 0.0694. The number of pyridine rings is 1. The minimum atomic E-state index is -1.33. The van der Waals surface area contributed by atoms with Gasteiger partial charge in [0.1, 0.15) is 17.9 Å². The number of aromatic carboxylic acids is 1. The number of hydrogen-bond acceptors (Lipinski definition) is 5. The molecule has 9 heteroatoms. The highest BCUT2D eigenvalue weighted by atomic mass is 35.5. The van der Waals surface area contributed by atoms with E-state index in [4.69, 9.17) is 10.5 Å². The maximum atomic E-state index is 14.9. The summed E-state index contributed by atoms with van der Waals surface area (Å²) < 4.78 is 22.3. The van der Waals surface area contributed by atoms with Crippen molar-refractivity contribution in [3.8, 4) is 5.75 Å². The number of carbonyl (C=O) groups is 1. The Hall–Kier alpha value is -2.32. The molecular formula is C17H19ClFN3O4. The summed E-state index contributed by atoms with van der Waals surface area (Å²) in [4.78, 5) is 25.7. The molecule has 3 heterocycles. The summed E-state index contributed by atoms with van der Waals surface area (Å²) in [5.41, 5.74) is 5.59. The Kier molecular flexibility index (Phi) is 4.58. The molecule has 2 aliphatic heterocycles. The smallest absolute Gasteiger partial charge is 0.341 e. The highest BCUT2D eigenvalue weighted by Crippen LogP contribution is 2.42. The van der Waals surface area contributed by atoms with E-state index in [-0.39, 0.29) is 47.8 Å². The molecule has 2 aromatic rings. The first-order valence-corrected chi connectivity index (χ1v) is 8.16. The van der Waals surface area contributed by atoms with Crippen LogP contribution in [-0.2, 0) is 0 Å². The van der Waals surface area contributed by atoms with Gasteiger partial charge < -0.3 is 25.0 Å². The van der Waals surface area contributed by atoms with Crippen molar-refractivity contribution in [1.29, 1.82) is 0 Å². The zero-order valence-corrected chi connectivity index (χ0v) is 14.9. The Balaban J connectivity index is 0.00000196. The number of nitrogens with zero attached hydrogens (tertiary/aromatic N) is 2. The van der Waals surface area contributed by atoms with Gasteiger partial charge in [0, 0.05) is 25.3 Å². The SMILES string of the molecule is CC1COc2c(N3CCC(N)C3)c(F)cc3c(=O)c(C(=O)O)cn1c23.Cl. The van der Waals surface area contributed by atoms with Gasteiger partial charge in [-0.1, -0.05) is 0 Å². The third kappa shape index (κ3) is 2.60. The van der Waals surface area contributed by atoms with Crippen molar-refractivity contribution in [2.45, 2.75) is 25.4 Å². The van der Waals surface area contributed by atoms with Gasteiger partial charge in [-0.25, -0.2) is 9.18 Å². The largest absolute Gasteiger partial charge is 0.487 e. The van der Waals surface area contributed by atoms with Crippen LogP contribution in [0.5, 0.6) is 5.75 Å².